The Morgan fingerprint density at radius 1 is 1.28 bits per heavy atom. The Kier molecular flexibility index (Phi) is 6.84. The molecule has 1 amide bonds. The Balaban J connectivity index is 2.31. The summed E-state index contributed by atoms with van der Waals surface area (Å²) in [6.07, 6.45) is 4.72. The summed E-state index contributed by atoms with van der Waals surface area (Å²) < 4.78 is 33.1. The number of benzene rings is 1. The molecule has 0 radical (unpaired) electrons. The fraction of sp³-hybridized carbons (Fsp3) is 0.611. The number of ether oxygens (including phenoxy) is 1. The topological polar surface area (TPSA) is 75.7 Å². The molecule has 1 atom stereocenters. The van der Waals surface area contributed by atoms with Gasteiger partial charge in [0.05, 0.1) is 17.6 Å². The molecule has 1 aromatic rings. The van der Waals surface area contributed by atoms with Crippen LogP contribution in [-0.4, -0.2) is 45.5 Å². The first-order valence-electron chi connectivity index (χ1n) is 8.88. The average Bonchev–Trinajstić information content (AvgIpc) is 2.61. The lowest BCUT2D eigenvalue weighted by Crippen LogP contribution is -2.36. The first-order chi connectivity index (χ1) is 11.9. The maximum atomic E-state index is 12.8. The zero-order valence-corrected chi connectivity index (χ0v) is 16.1. The predicted octanol–water partition coefficient (Wildman–Crippen LogP) is 2.79. The average molecular weight is 368 g/mol. The van der Waals surface area contributed by atoms with Gasteiger partial charge in [-0.1, -0.05) is 13.3 Å². The number of nitrogens with zero attached hydrogens (tertiary/aromatic N) is 1. The smallest absolute Gasteiger partial charge is 0.257 e. The number of carbonyl (C=O) groups excluding carboxylic acids is 1. The molecule has 1 heterocycles. The van der Waals surface area contributed by atoms with Crippen LogP contribution in [0.5, 0.6) is 5.75 Å². The van der Waals surface area contributed by atoms with Gasteiger partial charge in [0.15, 0.2) is 0 Å². The van der Waals surface area contributed by atoms with Crippen LogP contribution in [-0.2, 0) is 10.0 Å². The lowest BCUT2D eigenvalue weighted by Gasteiger charge is -2.27. The largest absolute Gasteiger partial charge is 0.496 e. The monoisotopic (exact) mass is 368 g/mol. The van der Waals surface area contributed by atoms with Gasteiger partial charge in [0, 0.05) is 19.1 Å². The Morgan fingerprint density at radius 3 is 2.56 bits per heavy atom. The fourth-order valence-electron chi connectivity index (χ4n) is 3.11. The zero-order valence-electron chi connectivity index (χ0n) is 15.2. The van der Waals surface area contributed by atoms with E-state index in [1.54, 1.807) is 11.0 Å². The third-order valence-electron chi connectivity index (χ3n) is 4.43. The molecule has 1 fully saturated rings. The van der Waals surface area contributed by atoms with Gasteiger partial charge in [-0.3, -0.25) is 4.79 Å². The summed E-state index contributed by atoms with van der Waals surface area (Å²) in [6.45, 7) is 5.24. The standard InChI is InChI=1S/C18H28N2O4S/c1-4-8-14(2)19-25(22,23)15-9-10-17(24-3)16(13-15)18(21)20-11-6-5-7-12-20/h9-10,13-14,19H,4-8,11-12H2,1-3H3/t14-/m1/s1. The van der Waals surface area contributed by atoms with Crippen molar-refractivity contribution in [2.24, 2.45) is 0 Å². The number of piperidine rings is 1. The van der Waals surface area contributed by atoms with E-state index in [9.17, 15) is 13.2 Å². The number of hydrogen-bond donors (Lipinski definition) is 1. The Bertz CT molecular complexity index is 697. The van der Waals surface area contributed by atoms with E-state index in [0.29, 0.717) is 24.4 Å². The molecule has 0 aromatic heterocycles. The molecule has 1 aliphatic rings. The van der Waals surface area contributed by atoms with Crippen molar-refractivity contribution in [2.75, 3.05) is 20.2 Å². The highest BCUT2D eigenvalue weighted by molar-refractivity contribution is 7.89. The van der Waals surface area contributed by atoms with Crippen molar-refractivity contribution >= 4 is 15.9 Å². The van der Waals surface area contributed by atoms with Gasteiger partial charge >= 0.3 is 0 Å². The summed E-state index contributed by atoms with van der Waals surface area (Å²) in [5.74, 6) is 0.228. The molecule has 0 unspecified atom stereocenters. The summed E-state index contributed by atoms with van der Waals surface area (Å²) in [5.41, 5.74) is 0.301. The number of rotatable bonds is 7. The Morgan fingerprint density at radius 2 is 1.96 bits per heavy atom. The Labute approximate surface area is 150 Å². The molecule has 0 spiro atoms. The SMILES string of the molecule is CCC[C@@H](C)NS(=O)(=O)c1ccc(OC)c(C(=O)N2CCCCC2)c1. The predicted molar refractivity (Wildman–Crippen MR) is 97.4 cm³/mol. The van der Waals surface area contributed by atoms with Crippen LogP contribution in [0.2, 0.25) is 0 Å². The lowest BCUT2D eigenvalue weighted by molar-refractivity contribution is 0.0720. The molecule has 0 aliphatic carbocycles. The minimum absolute atomic E-state index is 0.0941. The number of sulfonamides is 1. The number of hydrogen-bond acceptors (Lipinski definition) is 4. The van der Waals surface area contributed by atoms with Crippen molar-refractivity contribution in [2.45, 2.75) is 56.9 Å². The summed E-state index contributed by atoms with van der Waals surface area (Å²) in [6, 6.07) is 4.30. The van der Waals surface area contributed by atoms with Crippen molar-refractivity contribution in [1.29, 1.82) is 0 Å². The summed E-state index contributed by atoms with van der Waals surface area (Å²) in [4.78, 5) is 14.7. The van der Waals surface area contributed by atoms with Gasteiger partial charge in [-0.25, -0.2) is 13.1 Å². The number of likely N-dealkylation sites (tertiary alicyclic amines) is 1. The lowest BCUT2D eigenvalue weighted by atomic mass is 10.1. The molecule has 1 N–H and O–H groups in total. The van der Waals surface area contributed by atoms with Gasteiger partial charge in [-0.05, 0) is 50.8 Å². The third kappa shape index (κ3) is 4.95. The molecule has 1 aliphatic heterocycles. The minimum Gasteiger partial charge on any atom is -0.496 e. The van der Waals surface area contributed by atoms with Crippen molar-refractivity contribution < 1.29 is 17.9 Å². The molecule has 1 aromatic carbocycles. The van der Waals surface area contributed by atoms with E-state index in [2.05, 4.69) is 4.72 Å². The van der Waals surface area contributed by atoms with Crippen molar-refractivity contribution in [3.8, 4) is 5.75 Å². The van der Waals surface area contributed by atoms with Gasteiger partial charge < -0.3 is 9.64 Å². The zero-order chi connectivity index (χ0) is 18.4. The molecule has 1 saturated heterocycles. The van der Waals surface area contributed by atoms with Crippen molar-refractivity contribution in [3.63, 3.8) is 0 Å². The second-order valence-corrected chi connectivity index (χ2v) is 8.24. The van der Waals surface area contributed by atoms with E-state index in [1.165, 1.54) is 19.2 Å². The molecular weight excluding hydrogens is 340 g/mol. The second-order valence-electron chi connectivity index (χ2n) is 6.53. The molecule has 2 rings (SSSR count). The number of amides is 1. The van der Waals surface area contributed by atoms with Crippen LogP contribution in [0.1, 0.15) is 56.3 Å². The van der Waals surface area contributed by atoms with E-state index in [4.69, 9.17) is 4.74 Å². The van der Waals surface area contributed by atoms with Crippen LogP contribution in [0.4, 0.5) is 0 Å². The summed E-state index contributed by atoms with van der Waals surface area (Å²) >= 11 is 0. The van der Waals surface area contributed by atoms with Crippen LogP contribution in [0.25, 0.3) is 0 Å². The van der Waals surface area contributed by atoms with E-state index < -0.39 is 10.0 Å². The van der Waals surface area contributed by atoms with E-state index in [0.717, 1.165) is 32.1 Å². The normalized spacial score (nSPS) is 16.5. The first-order valence-corrected chi connectivity index (χ1v) is 10.4. The molecule has 0 saturated carbocycles. The molecule has 25 heavy (non-hydrogen) atoms. The summed E-state index contributed by atoms with van der Waals surface area (Å²) in [7, 11) is -2.19. The quantitative estimate of drug-likeness (QED) is 0.803. The van der Waals surface area contributed by atoms with Gasteiger partial charge in [0.1, 0.15) is 5.75 Å². The number of carbonyl (C=O) groups is 1. The van der Waals surface area contributed by atoms with E-state index in [1.807, 2.05) is 13.8 Å². The third-order valence-corrected chi connectivity index (χ3v) is 6.02. The second kappa shape index (κ2) is 8.67. The van der Waals surface area contributed by atoms with Crippen LogP contribution in [0.3, 0.4) is 0 Å². The fourth-order valence-corrected chi connectivity index (χ4v) is 4.42. The number of nitrogens with one attached hydrogen (secondary N) is 1. The van der Waals surface area contributed by atoms with Crippen molar-refractivity contribution in [1.82, 2.24) is 9.62 Å². The van der Waals surface area contributed by atoms with Gasteiger partial charge in [-0.2, -0.15) is 0 Å². The number of methoxy groups -OCH3 is 1. The van der Waals surface area contributed by atoms with Gasteiger partial charge in [-0.15, -0.1) is 0 Å². The minimum atomic E-state index is -3.67. The highest BCUT2D eigenvalue weighted by atomic mass is 32.2. The maximum Gasteiger partial charge on any atom is 0.257 e. The first kappa shape index (κ1) is 19.7. The van der Waals surface area contributed by atoms with Gasteiger partial charge in [0.25, 0.3) is 5.91 Å². The van der Waals surface area contributed by atoms with Crippen molar-refractivity contribution in [3.05, 3.63) is 23.8 Å². The van der Waals surface area contributed by atoms with Crippen LogP contribution in [0.15, 0.2) is 23.1 Å². The van der Waals surface area contributed by atoms with Crippen LogP contribution >= 0.6 is 0 Å². The van der Waals surface area contributed by atoms with E-state index in [-0.39, 0.29) is 16.8 Å². The summed E-state index contributed by atoms with van der Waals surface area (Å²) in [5, 5.41) is 0. The van der Waals surface area contributed by atoms with Crippen LogP contribution < -0.4 is 9.46 Å². The molecule has 7 heteroatoms. The van der Waals surface area contributed by atoms with Crippen LogP contribution in [0, 0.1) is 0 Å². The molecule has 0 bridgehead atoms. The highest BCUT2D eigenvalue weighted by Gasteiger charge is 2.25. The van der Waals surface area contributed by atoms with Gasteiger partial charge in [0.2, 0.25) is 10.0 Å². The molecule has 6 nitrogen and oxygen atoms in total. The van der Waals surface area contributed by atoms with E-state index >= 15 is 0 Å². The molecular formula is C18H28N2O4S. The molecule has 140 valence electrons. The maximum absolute atomic E-state index is 12.8. The highest BCUT2D eigenvalue weighted by Crippen LogP contribution is 2.25. The Hall–Kier alpha value is -1.60.